The minimum absolute atomic E-state index is 0.0595. The number of anilines is 1. The van der Waals surface area contributed by atoms with Gasteiger partial charge in [0, 0.05) is 37.7 Å². The molecule has 0 bridgehead atoms. The maximum absolute atomic E-state index is 13.0. The van der Waals surface area contributed by atoms with Crippen LogP contribution in [0.4, 0.5) is 5.69 Å². The molecular formula is C21H29N3O2. The Bertz CT molecular complexity index is 661. The molecule has 2 amide bonds. The van der Waals surface area contributed by atoms with Gasteiger partial charge in [0.05, 0.1) is 0 Å². The second-order valence-electron chi connectivity index (χ2n) is 7.92. The minimum atomic E-state index is 0.0595. The van der Waals surface area contributed by atoms with Crippen LogP contribution in [0.1, 0.15) is 37.7 Å². The molecule has 0 saturated carbocycles. The molecule has 1 atom stereocenters. The molecule has 0 spiro atoms. The van der Waals surface area contributed by atoms with Crippen molar-refractivity contribution >= 4 is 17.5 Å². The maximum atomic E-state index is 13.0. The van der Waals surface area contributed by atoms with E-state index in [1.54, 1.807) is 0 Å². The van der Waals surface area contributed by atoms with E-state index in [0.717, 1.165) is 64.1 Å². The van der Waals surface area contributed by atoms with Gasteiger partial charge < -0.3 is 15.1 Å². The van der Waals surface area contributed by atoms with Crippen LogP contribution < -0.4 is 10.2 Å². The summed E-state index contributed by atoms with van der Waals surface area (Å²) in [5.74, 6) is 1.24. The van der Waals surface area contributed by atoms with Gasteiger partial charge in [-0.1, -0.05) is 18.2 Å². The molecule has 0 aromatic heterocycles. The molecule has 26 heavy (non-hydrogen) atoms. The zero-order chi connectivity index (χ0) is 17.9. The molecule has 4 rings (SSSR count). The van der Waals surface area contributed by atoms with Gasteiger partial charge in [-0.05, 0) is 62.7 Å². The summed E-state index contributed by atoms with van der Waals surface area (Å²) in [5.41, 5.74) is 2.36. The van der Waals surface area contributed by atoms with Crippen molar-refractivity contribution in [2.24, 2.45) is 11.8 Å². The molecule has 3 aliphatic heterocycles. The highest BCUT2D eigenvalue weighted by molar-refractivity contribution is 5.97. The molecular weight excluding hydrogens is 326 g/mol. The Morgan fingerprint density at radius 3 is 2.65 bits per heavy atom. The zero-order valence-electron chi connectivity index (χ0n) is 15.5. The minimum Gasteiger partial charge on any atom is -0.343 e. The number of amides is 2. The molecule has 2 fully saturated rings. The summed E-state index contributed by atoms with van der Waals surface area (Å²) in [6.45, 7) is 4.40. The van der Waals surface area contributed by atoms with Crippen LogP contribution in [-0.2, 0) is 16.0 Å². The van der Waals surface area contributed by atoms with E-state index >= 15 is 0 Å². The van der Waals surface area contributed by atoms with Crippen molar-refractivity contribution < 1.29 is 9.59 Å². The van der Waals surface area contributed by atoms with Gasteiger partial charge in [-0.2, -0.15) is 0 Å². The van der Waals surface area contributed by atoms with E-state index in [1.807, 2.05) is 21.9 Å². The van der Waals surface area contributed by atoms with Gasteiger partial charge in [0.15, 0.2) is 0 Å². The van der Waals surface area contributed by atoms with Crippen LogP contribution in [-0.4, -0.2) is 49.4 Å². The average molecular weight is 355 g/mol. The second kappa shape index (κ2) is 7.78. The summed E-state index contributed by atoms with van der Waals surface area (Å²) in [6, 6.07) is 8.21. The van der Waals surface area contributed by atoms with Crippen molar-refractivity contribution in [3.8, 4) is 0 Å². The van der Waals surface area contributed by atoms with Crippen molar-refractivity contribution in [3.63, 3.8) is 0 Å². The molecule has 0 aliphatic carbocycles. The molecule has 1 aromatic carbocycles. The summed E-state index contributed by atoms with van der Waals surface area (Å²) in [6.07, 6.45) is 5.40. The number of hydrogen-bond donors (Lipinski definition) is 1. The standard InChI is InChI=1S/C21H29N3O2/c25-20(6-5-16-7-11-22-15-16)23-12-8-18(9-13-23)21(26)24-14-10-17-3-1-2-4-19(17)24/h1-4,16,18,22H,5-15H2. The predicted octanol–water partition coefficient (Wildman–Crippen LogP) is 2.20. The Kier molecular flexibility index (Phi) is 5.25. The van der Waals surface area contributed by atoms with Crippen LogP contribution in [0.5, 0.6) is 0 Å². The van der Waals surface area contributed by atoms with E-state index in [2.05, 4.69) is 17.4 Å². The van der Waals surface area contributed by atoms with Crippen LogP contribution in [0, 0.1) is 11.8 Å². The summed E-state index contributed by atoms with van der Waals surface area (Å²) < 4.78 is 0. The lowest BCUT2D eigenvalue weighted by molar-refractivity contribution is -0.135. The highest BCUT2D eigenvalue weighted by Crippen LogP contribution is 2.31. The van der Waals surface area contributed by atoms with Crippen molar-refractivity contribution in [2.45, 2.75) is 38.5 Å². The van der Waals surface area contributed by atoms with Crippen molar-refractivity contribution in [3.05, 3.63) is 29.8 Å². The lowest BCUT2D eigenvalue weighted by Crippen LogP contribution is -2.44. The fraction of sp³-hybridized carbons (Fsp3) is 0.619. The van der Waals surface area contributed by atoms with Crippen molar-refractivity contribution in [1.82, 2.24) is 10.2 Å². The molecule has 0 radical (unpaired) electrons. The van der Waals surface area contributed by atoms with Crippen molar-refractivity contribution in [2.75, 3.05) is 37.6 Å². The molecule has 5 nitrogen and oxygen atoms in total. The SMILES string of the molecule is O=C(CCC1CCNC1)N1CCC(C(=O)N2CCc3ccccc32)CC1. The van der Waals surface area contributed by atoms with Gasteiger partial charge in [-0.25, -0.2) is 0 Å². The Hall–Kier alpha value is -1.88. The van der Waals surface area contributed by atoms with E-state index in [4.69, 9.17) is 0 Å². The highest BCUT2D eigenvalue weighted by Gasteiger charge is 2.33. The quantitative estimate of drug-likeness (QED) is 0.901. The molecule has 2 saturated heterocycles. The molecule has 1 aromatic rings. The monoisotopic (exact) mass is 355 g/mol. The van der Waals surface area contributed by atoms with Crippen LogP contribution in [0.2, 0.25) is 0 Å². The number of likely N-dealkylation sites (tertiary alicyclic amines) is 1. The number of hydrogen-bond acceptors (Lipinski definition) is 3. The van der Waals surface area contributed by atoms with E-state index in [9.17, 15) is 9.59 Å². The van der Waals surface area contributed by atoms with Gasteiger partial charge >= 0.3 is 0 Å². The Labute approximate surface area is 155 Å². The van der Waals surface area contributed by atoms with Crippen LogP contribution in [0.15, 0.2) is 24.3 Å². The number of piperidine rings is 1. The number of rotatable bonds is 4. The molecule has 140 valence electrons. The first-order valence-corrected chi connectivity index (χ1v) is 10.1. The van der Waals surface area contributed by atoms with Crippen LogP contribution in [0.3, 0.4) is 0 Å². The lowest BCUT2D eigenvalue weighted by Gasteiger charge is -2.33. The van der Waals surface area contributed by atoms with E-state index in [0.29, 0.717) is 12.3 Å². The second-order valence-corrected chi connectivity index (χ2v) is 7.92. The largest absolute Gasteiger partial charge is 0.343 e. The van der Waals surface area contributed by atoms with Gasteiger partial charge in [0.25, 0.3) is 0 Å². The normalized spacial score (nSPS) is 23.3. The highest BCUT2D eigenvalue weighted by atomic mass is 16.2. The number of para-hydroxylation sites is 1. The van der Waals surface area contributed by atoms with Gasteiger partial charge in [-0.15, -0.1) is 0 Å². The number of fused-ring (bicyclic) bond motifs is 1. The number of carbonyl (C=O) groups excluding carboxylic acids is 2. The fourth-order valence-corrected chi connectivity index (χ4v) is 4.61. The maximum Gasteiger partial charge on any atom is 0.230 e. The molecule has 1 unspecified atom stereocenters. The van der Waals surface area contributed by atoms with Gasteiger partial charge in [0.1, 0.15) is 0 Å². The third-order valence-corrected chi connectivity index (χ3v) is 6.28. The molecule has 3 heterocycles. The first-order chi connectivity index (χ1) is 12.7. The Balaban J connectivity index is 1.27. The van der Waals surface area contributed by atoms with Crippen LogP contribution >= 0.6 is 0 Å². The van der Waals surface area contributed by atoms with E-state index < -0.39 is 0 Å². The summed E-state index contributed by atoms with van der Waals surface area (Å²) in [7, 11) is 0. The smallest absolute Gasteiger partial charge is 0.230 e. The topological polar surface area (TPSA) is 52.7 Å². The van der Waals surface area contributed by atoms with E-state index in [-0.39, 0.29) is 17.7 Å². The number of nitrogens with zero attached hydrogens (tertiary/aromatic N) is 2. The summed E-state index contributed by atoms with van der Waals surface area (Å²) >= 11 is 0. The summed E-state index contributed by atoms with van der Waals surface area (Å²) in [4.78, 5) is 29.4. The zero-order valence-corrected chi connectivity index (χ0v) is 15.5. The third-order valence-electron chi connectivity index (χ3n) is 6.28. The summed E-state index contributed by atoms with van der Waals surface area (Å²) in [5, 5.41) is 3.36. The van der Waals surface area contributed by atoms with Crippen molar-refractivity contribution in [1.29, 1.82) is 0 Å². The Morgan fingerprint density at radius 2 is 1.88 bits per heavy atom. The van der Waals surface area contributed by atoms with E-state index in [1.165, 1.54) is 12.0 Å². The van der Waals surface area contributed by atoms with Gasteiger partial charge in [-0.3, -0.25) is 9.59 Å². The van der Waals surface area contributed by atoms with Crippen LogP contribution in [0.25, 0.3) is 0 Å². The lowest BCUT2D eigenvalue weighted by atomic mass is 9.94. The fourth-order valence-electron chi connectivity index (χ4n) is 4.61. The molecule has 5 heteroatoms. The number of carbonyl (C=O) groups is 2. The Morgan fingerprint density at radius 1 is 1.08 bits per heavy atom. The third kappa shape index (κ3) is 3.63. The molecule has 1 N–H and O–H groups in total. The first-order valence-electron chi connectivity index (χ1n) is 10.1. The molecule has 3 aliphatic rings. The average Bonchev–Trinajstić information content (AvgIpc) is 3.35. The van der Waals surface area contributed by atoms with Gasteiger partial charge in [0.2, 0.25) is 11.8 Å². The number of benzene rings is 1. The number of nitrogens with one attached hydrogen (secondary N) is 1. The first kappa shape index (κ1) is 17.5. The predicted molar refractivity (Wildman–Crippen MR) is 102 cm³/mol.